The van der Waals surface area contributed by atoms with E-state index in [0.717, 1.165) is 36.1 Å². The van der Waals surface area contributed by atoms with Crippen molar-refractivity contribution in [1.29, 1.82) is 0 Å². The van der Waals surface area contributed by atoms with Crippen molar-refractivity contribution in [2.24, 2.45) is 5.92 Å². The third-order valence-corrected chi connectivity index (χ3v) is 5.05. The van der Waals surface area contributed by atoms with Gasteiger partial charge < -0.3 is 4.74 Å². The van der Waals surface area contributed by atoms with Crippen molar-refractivity contribution in [3.63, 3.8) is 0 Å². The molecule has 130 valence electrons. The van der Waals surface area contributed by atoms with E-state index in [4.69, 9.17) is 4.74 Å². The highest BCUT2D eigenvalue weighted by molar-refractivity contribution is 5.95. The molecule has 2 unspecified atom stereocenters. The van der Waals surface area contributed by atoms with Gasteiger partial charge in [0.25, 0.3) is 5.91 Å². The highest BCUT2D eigenvalue weighted by Crippen LogP contribution is 2.29. The molecule has 1 aromatic rings. The summed E-state index contributed by atoms with van der Waals surface area (Å²) in [5.41, 5.74) is 1.00. The standard InChI is InChI=1S/C19H24FNO3/c20-17(12-15-9-5-2-6-10-15)18(22)21-16(13-24-19(21)23)11-14-7-3-1-4-8-14/h1,3-4,7-8,15-17H,2,5-6,9-13H2. The minimum atomic E-state index is -1.61. The summed E-state index contributed by atoms with van der Waals surface area (Å²) in [6.07, 6.45) is 3.75. The number of hydrogen-bond donors (Lipinski definition) is 0. The minimum absolute atomic E-state index is 0.135. The van der Waals surface area contributed by atoms with E-state index >= 15 is 0 Å². The van der Waals surface area contributed by atoms with Gasteiger partial charge in [-0.2, -0.15) is 0 Å². The molecule has 2 aliphatic rings. The van der Waals surface area contributed by atoms with E-state index in [1.54, 1.807) is 0 Å². The quantitative estimate of drug-likeness (QED) is 0.821. The molecule has 1 saturated heterocycles. The normalized spacial score (nSPS) is 23.1. The SMILES string of the molecule is O=C1OCC(Cc2ccccc2)N1C(=O)C(F)CC1CCCCC1. The zero-order valence-electron chi connectivity index (χ0n) is 13.8. The highest BCUT2D eigenvalue weighted by Gasteiger charge is 2.41. The molecule has 24 heavy (non-hydrogen) atoms. The Kier molecular flexibility index (Phi) is 5.48. The van der Waals surface area contributed by atoms with E-state index in [2.05, 4.69) is 0 Å². The summed E-state index contributed by atoms with van der Waals surface area (Å²) in [5.74, 6) is -0.479. The summed E-state index contributed by atoms with van der Waals surface area (Å²) in [6, 6.07) is 9.16. The van der Waals surface area contributed by atoms with Crippen LogP contribution in [0.3, 0.4) is 0 Å². The molecule has 2 fully saturated rings. The predicted octanol–water partition coefficient (Wildman–Crippen LogP) is 3.89. The second-order valence-corrected chi connectivity index (χ2v) is 6.84. The molecule has 2 amide bonds. The van der Waals surface area contributed by atoms with Gasteiger partial charge in [0.05, 0.1) is 6.04 Å². The van der Waals surface area contributed by atoms with Crippen LogP contribution in [-0.2, 0) is 16.0 Å². The molecule has 1 saturated carbocycles. The Morgan fingerprint density at radius 2 is 1.92 bits per heavy atom. The molecule has 3 rings (SSSR count). The summed E-state index contributed by atoms with van der Waals surface area (Å²) in [7, 11) is 0. The Labute approximate surface area is 142 Å². The first-order valence-electron chi connectivity index (χ1n) is 8.83. The molecule has 5 heteroatoms. The van der Waals surface area contributed by atoms with E-state index in [1.807, 2.05) is 30.3 Å². The number of carbonyl (C=O) groups excluding carboxylic acids is 2. The summed E-state index contributed by atoms with van der Waals surface area (Å²) in [6.45, 7) is 0.135. The van der Waals surface area contributed by atoms with E-state index < -0.39 is 24.2 Å². The molecule has 1 aliphatic carbocycles. The van der Waals surface area contributed by atoms with Crippen LogP contribution in [0.4, 0.5) is 9.18 Å². The number of benzene rings is 1. The van der Waals surface area contributed by atoms with Crippen molar-refractivity contribution in [3.8, 4) is 0 Å². The predicted molar refractivity (Wildman–Crippen MR) is 88.2 cm³/mol. The Morgan fingerprint density at radius 3 is 2.62 bits per heavy atom. The third-order valence-electron chi connectivity index (χ3n) is 5.05. The number of halogens is 1. The zero-order chi connectivity index (χ0) is 16.9. The van der Waals surface area contributed by atoms with Crippen molar-refractivity contribution in [3.05, 3.63) is 35.9 Å². The molecule has 0 aromatic heterocycles. The first-order valence-corrected chi connectivity index (χ1v) is 8.83. The molecule has 0 radical (unpaired) electrons. The van der Waals surface area contributed by atoms with Gasteiger partial charge in [-0.3, -0.25) is 4.79 Å². The van der Waals surface area contributed by atoms with Crippen LogP contribution in [0.1, 0.15) is 44.1 Å². The van der Waals surface area contributed by atoms with Crippen molar-refractivity contribution >= 4 is 12.0 Å². The number of hydrogen-bond acceptors (Lipinski definition) is 3. The lowest BCUT2D eigenvalue weighted by atomic mass is 9.85. The first-order chi connectivity index (χ1) is 11.6. The van der Waals surface area contributed by atoms with Gasteiger partial charge in [-0.1, -0.05) is 62.4 Å². The van der Waals surface area contributed by atoms with Crippen LogP contribution >= 0.6 is 0 Å². The molecule has 1 heterocycles. The van der Waals surface area contributed by atoms with Crippen molar-refractivity contribution in [1.82, 2.24) is 4.90 Å². The zero-order valence-corrected chi connectivity index (χ0v) is 13.8. The lowest BCUT2D eigenvalue weighted by Crippen LogP contribution is -2.44. The maximum Gasteiger partial charge on any atom is 0.417 e. The van der Waals surface area contributed by atoms with Crippen molar-refractivity contribution in [2.75, 3.05) is 6.61 Å². The number of nitrogens with zero attached hydrogens (tertiary/aromatic N) is 1. The third kappa shape index (κ3) is 3.94. The fraction of sp³-hybridized carbons (Fsp3) is 0.579. The molecule has 2 atom stereocenters. The van der Waals surface area contributed by atoms with E-state index in [9.17, 15) is 14.0 Å². The van der Waals surface area contributed by atoms with Gasteiger partial charge in [-0.15, -0.1) is 0 Å². The molecular formula is C19H24FNO3. The lowest BCUT2D eigenvalue weighted by molar-refractivity contribution is -0.135. The second kappa shape index (κ2) is 7.77. The summed E-state index contributed by atoms with van der Waals surface area (Å²) >= 11 is 0. The van der Waals surface area contributed by atoms with Crippen LogP contribution < -0.4 is 0 Å². The fourth-order valence-electron chi connectivity index (χ4n) is 3.73. The van der Waals surface area contributed by atoms with Crippen molar-refractivity contribution < 1.29 is 18.7 Å². The number of imide groups is 1. The number of rotatable bonds is 5. The number of alkyl halides is 1. The van der Waals surface area contributed by atoms with Crippen LogP contribution in [0.15, 0.2) is 30.3 Å². The van der Waals surface area contributed by atoms with Crippen molar-refractivity contribution in [2.45, 2.75) is 57.2 Å². The van der Waals surface area contributed by atoms with Gasteiger partial charge >= 0.3 is 6.09 Å². The molecule has 1 aromatic carbocycles. The molecule has 0 spiro atoms. The Bertz CT molecular complexity index is 571. The number of cyclic esters (lactones) is 1. The monoisotopic (exact) mass is 333 g/mol. The second-order valence-electron chi connectivity index (χ2n) is 6.84. The summed E-state index contributed by atoms with van der Waals surface area (Å²) in [4.78, 5) is 25.4. The number of carbonyl (C=O) groups is 2. The minimum Gasteiger partial charge on any atom is -0.447 e. The average molecular weight is 333 g/mol. The Hall–Kier alpha value is -1.91. The van der Waals surface area contributed by atoms with Gasteiger partial charge in [-0.05, 0) is 24.3 Å². The van der Waals surface area contributed by atoms with E-state index in [0.29, 0.717) is 6.42 Å². The average Bonchev–Trinajstić information content (AvgIpc) is 2.96. The maximum absolute atomic E-state index is 14.5. The van der Waals surface area contributed by atoms with E-state index in [1.165, 1.54) is 6.42 Å². The molecular weight excluding hydrogens is 309 g/mol. The van der Waals surface area contributed by atoms with Gasteiger partial charge in [0.15, 0.2) is 6.17 Å². The van der Waals surface area contributed by atoms with Gasteiger partial charge in [0.1, 0.15) is 6.61 Å². The van der Waals surface area contributed by atoms with Crippen LogP contribution in [0.2, 0.25) is 0 Å². The lowest BCUT2D eigenvalue weighted by Gasteiger charge is -2.25. The van der Waals surface area contributed by atoms with Gasteiger partial charge in [0.2, 0.25) is 0 Å². The summed E-state index contributed by atoms with van der Waals surface area (Å²) in [5, 5.41) is 0. The molecule has 1 aliphatic heterocycles. The smallest absolute Gasteiger partial charge is 0.417 e. The molecule has 0 N–H and O–H groups in total. The Balaban J connectivity index is 1.63. The van der Waals surface area contributed by atoms with Gasteiger partial charge in [-0.25, -0.2) is 14.1 Å². The summed E-state index contributed by atoms with van der Waals surface area (Å²) < 4.78 is 19.5. The largest absolute Gasteiger partial charge is 0.447 e. The number of ether oxygens (including phenoxy) is 1. The van der Waals surface area contributed by atoms with Crippen LogP contribution in [0.5, 0.6) is 0 Å². The first kappa shape index (κ1) is 16.9. The van der Waals surface area contributed by atoms with Crippen LogP contribution in [-0.4, -0.2) is 35.7 Å². The van der Waals surface area contributed by atoms with Crippen LogP contribution in [0.25, 0.3) is 0 Å². The Morgan fingerprint density at radius 1 is 1.21 bits per heavy atom. The van der Waals surface area contributed by atoms with Gasteiger partial charge in [0, 0.05) is 0 Å². The molecule has 0 bridgehead atoms. The fourth-order valence-corrected chi connectivity index (χ4v) is 3.73. The number of amides is 2. The maximum atomic E-state index is 14.5. The topological polar surface area (TPSA) is 46.6 Å². The molecule has 4 nitrogen and oxygen atoms in total. The van der Waals surface area contributed by atoms with E-state index in [-0.39, 0.29) is 18.9 Å². The highest BCUT2D eigenvalue weighted by atomic mass is 19.1. The van der Waals surface area contributed by atoms with Crippen LogP contribution in [0, 0.1) is 5.92 Å².